The van der Waals surface area contributed by atoms with Gasteiger partial charge in [-0.05, 0) is 72.5 Å². The average molecular weight is 670 g/mol. The molecule has 6 nitrogen and oxygen atoms in total. The molecular formula is C46H31N5O. The first-order valence-corrected chi connectivity index (χ1v) is 17.4. The molecule has 6 heteroatoms. The molecule has 4 heterocycles. The molecule has 0 aliphatic carbocycles. The highest BCUT2D eigenvalue weighted by Crippen LogP contribution is 2.39. The predicted octanol–water partition coefficient (Wildman–Crippen LogP) is 11.5. The van der Waals surface area contributed by atoms with E-state index in [9.17, 15) is 0 Å². The van der Waals surface area contributed by atoms with Gasteiger partial charge < -0.3 is 4.42 Å². The van der Waals surface area contributed by atoms with Gasteiger partial charge in [-0.3, -0.25) is 4.57 Å². The Bertz CT molecular complexity index is 2940. The summed E-state index contributed by atoms with van der Waals surface area (Å²) in [5.74, 6) is 1.84. The normalized spacial score (nSPS) is 11.7. The highest BCUT2D eigenvalue weighted by atomic mass is 16.3. The second-order valence-corrected chi connectivity index (χ2v) is 13.1. The van der Waals surface area contributed by atoms with Crippen molar-refractivity contribution < 1.29 is 4.42 Å². The smallest absolute Gasteiger partial charge is 0.164 e. The van der Waals surface area contributed by atoms with E-state index in [1.807, 2.05) is 72.9 Å². The number of hydrogen-bond acceptors (Lipinski definition) is 5. The number of pyridine rings is 1. The van der Waals surface area contributed by atoms with Gasteiger partial charge >= 0.3 is 0 Å². The van der Waals surface area contributed by atoms with Crippen LogP contribution in [0.4, 0.5) is 0 Å². The van der Waals surface area contributed by atoms with Crippen molar-refractivity contribution in [3.05, 3.63) is 163 Å². The van der Waals surface area contributed by atoms with Crippen molar-refractivity contribution >= 4 is 43.9 Å². The Hall–Kier alpha value is -6.92. The lowest BCUT2D eigenvalue weighted by Gasteiger charge is -2.17. The van der Waals surface area contributed by atoms with E-state index < -0.39 is 0 Å². The second-order valence-electron chi connectivity index (χ2n) is 13.1. The van der Waals surface area contributed by atoms with Crippen molar-refractivity contribution in [1.29, 1.82) is 0 Å². The third kappa shape index (κ3) is 4.65. The molecule has 52 heavy (non-hydrogen) atoms. The van der Waals surface area contributed by atoms with Crippen LogP contribution in [-0.4, -0.2) is 24.5 Å². The summed E-state index contributed by atoms with van der Waals surface area (Å²) in [6.07, 6.45) is 1.87. The minimum absolute atomic E-state index is 0.600. The summed E-state index contributed by atoms with van der Waals surface area (Å²) in [4.78, 5) is 20.2. The largest absolute Gasteiger partial charge is 0.456 e. The lowest BCUT2D eigenvalue weighted by molar-refractivity contribution is 0.669. The Morgan fingerprint density at radius 1 is 0.462 bits per heavy atom. The number of para-hydroxylation sites is 2. The zero-order valence-corrected chi connectivity index (χ0v) is 28.6. The average Bonchev–Trinajstić information content (AvgIpc) is 3.75. The van der Waals surface area contributed by atoms with E-state index in [2.05, 4.69) is 97.3 Å². The van der Waals surface area contributed by atoms with Crippen LogP contribution in [0.25, 0.3) is 94.9 Å². The maximum atomic E-state index is 6.25. The van der Waals surface area contributed by atoms with Crippen molar-refractivity contribution in [2.24, 2.45) is 0 Å². The van der Waals surface area contributed by atoms with Crippen LogP contribution in [0, 0.1) is 13.8 Å². The van der Waals surface area contributed by atoms with Gasteiger partial charge in [-0.15, -0.1) is 0 Å². The number of rotatable bonds is 5. The van der Waals surface area contributed by atoms with Crippen molar-refractivity contribution in [3.63, 3.8) is 0 Å². The molecule has 0 N–H and O–H groups in total. The summed E-state index contributed by atoms with van der Waals surface area (Å²) in [6.45, 7) is 4.36. The van der Waals surface area contributed by atoms with Crippen molar-refractivity contribution in [3.8, 4) is 51.0 Å². The zero-order chi connectivity index (χ0) is 34.8. The quantitative estimate of drug-likeness (QED) is 0.182. The summed E-state index contributed by atoms with van der Waals surface area (Å²) >= 11 is 0. The number of nitrogens with zero attached hydrogens (tertiary/aromatic N) is 5. The molecule has 0 saturated carbocycles. The van der Waals surface area contributed by atoms with Crippen LogP contribution < -0.4 is 0 Å². The van der Waals surface area contributed by atoms with Gasteiger partial charge in [-0.1, -0.05) is 109 Å². The summed E-state index contributed by atoms with van der Waals surface area (Å²) < 4.78 is 8.53. The van der Waals surface area contributed by atoms with E-state index in [4.69, 9.17) is 24.4 Å². The topological polar surface area (TPSA) is 69.6 Å². The minimum Gasteiger partial charge on any atom is -0.456 e. The van der Waals surface area contributed by atoms with Gasteiger partial charge in [-0.2, -0.15) is 0 Å². The Morgan fingerprint density at radius 3 is 1.94 bits per heavy atom. The fourth-order valence-corrected chi connectivity index (χ4v) is 7.66. The number of furan rings is 1. The van der Waals surface area contributed by atoms with E-state index >= 15 is 0 Å². The molecule has 0 amide bonds. The third-order valence-electron chi connectivity index (χ3n) is 10.2. The molecule has 0 aliphatic heterocycles. The zero-order valence-electron chi connectivity index (χ0n) is 28.6. The van der Waals surface area contributed by atoms with Crippen LogP contribution in [0.2, 0.25) is 0 Å². The van der Waals surface area contributed by atoms with Crippen LogP contribution in [-0.2, 0) is 0 Å². The predicted molar refractivity (Wildman–Crippen MR) is 210 cm³/mol. The minimum atomic E-state index is 0.600. The summed E-state index contributed by atoms with van der Waals surface area (Å²) in [5, 5.41) is 4.35. The van der Waals surface area contributed by atoms with Crippen molar-refractivity contribution in [2.45, 2.75) is 13.8 Å². The Labute approximate surface area is 299 Å². The van der Waals surface area contributed by atoms with Crippen molar-refractivity contribution in [1.82, 2.24) is 24.5 Å². The van der Waals surface area contributed by atoms with E-state index in [1.165, 1.54) is 5.39 Å². The Balaban J connectivity index is 1.17. The van der Waals surface area contributed by atoms with Crippen LogP contribution in [0.3, 0.4) is 0 Å². The van der Waals surface area contributed by atoms with E-state index in [0.29, 0.717) is 17.5 Å². The molecule has 0 unspecified atom stereocenters. The third-order valence-corrected chi connectivity index (χ3v) is 10.2. The number of aromatic nitrogens is 5. The van der Waals surface area contributed by atoms with Crippen LogP contribution in [0.5, 0.6) is 0 Å². The molecule has 0 fully saturated rings. The van der Waals surface area contributed by atoms with E-state index in [1.54, 1.807) is 0 Å². The van der Waals surface area contributed by atoms with Crippen LogP contribution in [0.15, 0.2) is 156 Å². The van der Waals surface area contributed by atoms with E-state index in [0.717, 1.165) is 83.1 Å². The van der Waals surface area contributed by atoms with Crippen LogP contribution >= 0.6 is 0 Å². The highest BCUT2D eigenvalue weighted by molar-refractivity contribution is 6.12. The maximum absolute atomic E-state index is 6.25. The molecule has 0 aliphatic rings. The Kier molecular flexibility index (Phi) is 6.83. The van der Waals surface area contributed by atoms with Gasteiger partial charge in [0.05, 0.1) is 11.2 Å². The lowest BCUT2D eigenvalue weighted by Crippen LogP contribution is -2.03. The number of benzene rings is 6. The molecule has 0 radical (unpaired) electrons. The molecule has 4 aromatic heterocycles. The monoisotopic (exact) mass is 669 g/mol. The number of hydrogen-bond donors (Lipinski definition) is 0. The molecular weight excluding hydrogens is 639 g/mol. The molecule has 10 aromatic rings. The highest BCUT2D eigenvalue weighted by Gasteiger charge is 2.21. The fourth-order valence-electron chi connectivity index (χ4n) is 7.66. The van der Waals surface area contributed by atoms with Gasteiger partial charge in [0, 0.05) is 44.4 Å². The van der Waals surface area contributed by atoms with Gasteiger partial charge in [0.25, 0.3) is 0 Å². The van der Waals surface area contributed by atoms with Crippen molar-refractivity contribution in [2.75, 3.05) is 0 Å². The molecule has 246 valence electrons. The summed E-state index contributed by atoms with van der Waals surface area (Å²) in [6, 6.07) is 49.9. The maximum Gasteiger partial charge on any atom is 0.164 e. The molecule has 0 saturated heterocycles. The first-order chi connectivity index (χ1) is 25.6. The van der Waals surface area contributed by atoms with Gasteiger partial charge in [0.15, 0.2) is 17.5 Å². The molecule has 10 rings (SSSR count). The Morgan fingerprint density at radius 2 is 1.08 bits per heavy atom. The fraction of sp³-hybridized carbons (Fsp3) is 0.0435. The summed E-state index contributed by atoms with van der Waals surface area (Å²) in [5.41, 5.74) is 12.1. The van der Waals surface area contributed by atoms with Gasteiger partial charge in [0.1, 0.15) is 16.8 Å². The first kappa shape index (κ1) is 29.9. The molecule has 0 bridgehead atoms. The standard InChI is InChI=1S/C46H31N5O/c1-28-31(32-19-11-24-38(29(32)2)51-39-23-8-6-16-34(39)35-22-13-27-47-46(35)51)18-10-20-33(28)44-48-43(30-14-4-3-5-15-30)49-45(50-44)37-21-12-26-41-42(37)36-17-7-9-25-40(36)52-41/h3-27H,1-2H3. The lowest BCUT2D eigenvalue weighted by atomic mass is 9.92. The van der Waals surface area contributed by atoms with E-state index in [-0.39, 0.29) is 0 Å². The molecule has 0 spiro atoms. The summed E-state index contributed by atoms with van der Waals surface area (Å²) in [7, 11) is 0. The second kappa shape index (κ2) is 11.9. The first-order valence-electron chi connectivity index (χ1n) is 17.4. The molecule has 6 aromatic carbocycles. The van der Waals surface area contributed by atoms with Crippen LogP contribution in [0.1, 0.15) is 11.1 Å². The number of fused-ring (bicyclic) bond motifs is 6. The molecule has 0 atom stereocenters. The van der Waals surface area contributed by atoms with Gasteiger partial charge in [0.2, 0.25) is 0 Å². The van der Waals surface area contributed by atoms with Gasteiger partial charge in [-0.25, -0.2) is 19.9 Å². The SMILES string of the molecule is Cc1c(-c2nc(-c3ccccc3)nc(-c3cccc4oc5ccccc5c34)n2)cccc1-c1cccc(-n2c3ccccc3c3cccnc32)c1C.